The summed E-state index contributed by atoms with van der Waals surface area (Å²) in [5.41, 5.74) is 5.66. The molecule has 1 saturated heterocycles. The molecule has 0 saturated carbocycles. The zero-order chi connectivity index (χ0) is 16.0. The average Bonchev–Trinajstić information content (AvgIpc) is 2.68. The molecule has 6 nitrogen and oxygen atoms in total. The summed E-state index contributed by atoms with van der Waals surface area (Å²) in [7, 11) is -3.33. The Morgan fingerprint density at radius 1 is 1.24 bits per heavy atom. The Bertz CT molecular complexity index is 439. The quantitative estimate of drug-likeness (QED) is 0.749. The first-order valence-electron chi connectivity index (χ1n) is 7.73. The number of carbonyl (C=O) groups excluding carboxylic acids is 1. The highest BCUT2D eigenvalue weighted by Gasteiger charge is 2.30. The molecule has 0 aliphatic carbocycles. The van der Waals surface area contributed by atoms with E-state index >= 15 is 0 Å². The first-order valence-corrected chi connectivity index (χ1v) is 9.68. The van der Waals surface area contributed by atoms with Crippen molar-refractivity contribution in [3.8, 4) is 0 Å². The van der Waals surface area contributed by atoms with Gasteiger partial charge in [0.25, 0.3) is 0 Å². The van der Waals surface area contributed by atoms with Crippen LogP contribution in [0.2, 0.25) is 0 Å². The van der Waals surface area contributed by atoms with Gasteiger partial charge in [-0.1, -0.05) is 6.92 Å². The van der Waals surface area contributed by atoms with Crippen LogP contribution in [0.3, 0.4) is 0 Å². The van der Waals surface area contributed by atoms with E-state index in [1.807, 2.05) is 0 Å². The average molecular weight is 319 g/mol. The third-order valence-electron chi connectivity index (χ3n) is 4.32. The van der Waals surface area contributed by atoms with Crippen LogP contribution in [0.25, 0.3) is 0 Å². The molecule has 1 amide bonds. The van der Waals surface area contributed by atoms with Crippen LogP contribution in [-0.2, 0) is 14.6 Å². The summed E-state index contributed by atoms with van der Waals surface area (Å²) in [6.45, 7) is 7.26. The van der Waals surface area contributed by atoms with Crippen LogP contribution in [0.4, 0.5) is 0 Å². The van der Waals surface area contributed by atoms with Crippen LogP contribution in [0.1, 0.15) is 33.1 Å². The van der Waals surface area contributed by atoms with Gasteiger partial charge in [0.15, 0.2) is 9.84 Å². The molecular weight excluding hydrogens is 290 g/mol. The molecule has 0 spiro atoms. The van der Waals surface area contributed by atoms with Crippen LogP contribution in [-0.4, -0.2) is 74.4 Å². The van der Waals surface area contributed by atoms with Crippen molar-refractivity contribution in [3.05, 3.63) is 0 Å². The van der Waals surface area contributed by atoms with Crippen LogP contribution >= 0.6 is 0 Å². The maximum Gasteiger partial charge on any atom is 0.240 e. The van der Waals surface area contributed by atoms with Crippen LogP contribution < -0.4 is 5.73 Å². The highest BCUT2D eigenvalue weighted by Crippen LogP contribution is 2.14. The molecule has 0 radical (unpaired) electrons. The lowest BCUT2D eigenvalue weighted by molar-refractivity contribution is -0.130. The Balaban J connectivity index is 2.66. The largest absolute Gasteiger partial charge is 0.340 e. The van der Waals surface area contributed by atoms with Gasteiger partial charge in [0.05, 0.1) is 0 Å². The molecule has 0 bridgehead atoms. The zero-order valence-electron chi connectivity index (χ0n) is 13.4. The summed E-state index contributed by atoms with van der Waals surface area (Å²) in [6, 6.07) is 0.456. The normalized spacial score (nSPS) is 20.9. The molecule has 124 valence electrons. The minimum atomic E-state index is -3.33. The van der Waals surface area contributed by atoms with Crippen LogP contribution in [0.15, 0.2) is 0 Å². The van der Waals surface area contributed by atoms with Gasteiger partial charge in [0, 0.05) is 38.5 Å². The van der Waals surface area contributed by atoms with Gasteiger partial charge < -0.3 is 10.6 Å². The Labute approximate surface area is 128 Å². The molecule has 0 aromatic heterocycles. The molecule has 1 fully saturated rings. The van der Waals surface area contributed by atoms with Crippen molar-refractivity contribution < 1.29 is 13.2 Å². The highest BCUT2D eigenvalue weighted by molar-refractivity contribution is 7.92. The molecule has 1 aliphatic heterocycles. The van der Waals surface area contributed by atoms with Gasteiger partial charge in [0.2, 0.25) is 5.91 Å². The van der Waals surface area contributed by atoms with E-state index in [-0.39, 0.29) is 5.91 Å². The van der Waals surface area contributed by atoms with Crippen molar-refractivity contribution in [2.24, 2.45) is 5.73 Å². The molecule has 1 aliphatic rings. The number of hydrogen-bond acceptors (Lipinski definition) is 5. The van der Waals surface area contributed by atoms with Gasteiger partial charge in [0.1, 0.15) is 5.25 Å². The van der Waals surface area contributed by atoms with Crippen molar-refractivity contribution in [3.63, 3.8) is 0 Å². The zero-order valence-corrected chi connectivity index (χ0v) is 14.2. The Hall–Kier alpha value is -0.660. The van der Waals surface area contributed by atoms with Crippen molar-refractivity contribution in [1.82, 2.24) is 9.80 Å². The van der Waals surface area contributed by atoms with Gasteiger partial charge in [-0.15, -0.1) is 0 Å². The molecule has 0 aromatic rings. The van der Waals surface area contributed by atoms with Crippen LogP contribution in [0.5, 0.6) is 0 Å². The first-order chi connectivity index (χ1) is 9.81. The van der Waals surface area contributed by atoms with Crippen molar-refractivity contribution in [1.29, 1.82) is 0 Å². The molecule has 21 heavy (non-hydrogen) atoms. The van der Waals surface area contributed by atoms with Crippen molar-refractivity contribution >= 4 is 15.7 Å². The van der Waals surface area contributed by atoms with E-state index in [0.717, 1.165) is 38.6 Å². The number of carbonyl (C=O) groups is 1. The predicted octanol–water partition coefficient (Wildman–Crippen LogP) is 0.0812. The summed E-state index contributed by atoms with van der Waals surface area (Å²) in [5, 5.41) is -0.949. The monoisotopic (exact) mass is 319 g/mol. The molecule has 2 N–H and O–H groups in total. The second kappa shape index (κ2) is 8.10. The molecule has 1 rings (SSSR count). The lowest BCUT2D eigenvalue weighted by Crippen LogP contribution is -2.44. The number of rotatable bonds is 6. The number of hydrogen-bond donors (Lipinski definition) is 1. The van der Waals surface area contributed by atoms with E-state index < -0.39 is 15.1 Å². The molecular formula is C14H29N3O3S. The van der Waals surface area contributed by atoms with E-state index in [2.05, 4.69) is 11.8 Å². The van der Waals surface area contributed by atoms with E-state index in [9.17, 15) is 13.2 Å². The minimum absolute atomic E-state index is 0.272. The standard InChI is InChI=1S/C14H29N3O3S/c1-4-13(6-7-15)16-8-5-9-17(11-10-16)14(18)12(2)21(3,19)20/h12-13H,4-11,15H2,1-3H3. The van der Waals surface area contributed by atoms with Gasteiger partial charge in [-0.05, 0) is 32.7 Å². The number of sulfone groups is 1. The second-order valence-corrected chi connectivity index (χ2v) is 8.19. The third-order valence-corrected chi connectivity index (χ3v) is 5.81. The minimum Gasteiger partial charge on any atom is -0.340 e. The fourth-order valence-corrected chi connectivity index (χ4v) is 3.32. The van der Waals surface area contributed by atoms with E-state index in [0.29, 0.717) is 25.7 Å². The highest BCUT2D eigenvalue weighted by atomic mass is 32.2. The summed E-state index contributed by atoms with van der Waals surface area (Å²) < 4.78 is 23.1. The second-order valence-electron chi connectivity index (χ2n) is 5.83. The first kappa shape index (κ1) is 18.4. The number of nitrogens with zero attached hydrogens (tertiary/aromatic N) is 2. The predicted molar refractivity (Wildman–Crippen MR) is 84.8 cm³/mol. The summed E-state index contributed by atoms with van der Waals surface area (Å²) in [4.78, 5) is 16.4. The van der Waals surface area contributed by atoms with Crippen LogP contribution in [0, 0.1) is 0 Å². The smallest absolute Gasteiger partial charge is 0.240 e. The number of amides is 1. The number of nitrogens with two attached hydrogens (primary N) is 1. The SMILES string of the molecule is CCC(CCN)N1CCCN(C(=O)C(C)S(C)(=O)=O)CC1. The van der Waals surface area contributed by atoms with Gasteiger partial charge in [-0.3, -0.25) is 9.69 Å². The lowest BCUT2D eigenvalue weighted by atomic mass is 10.1. The molecule has 2 atom stereocenters. The van der Waals surface area contributed by atoms with Gasteiger partial charge >= 0.3 is 0 Å². The Kier molecular flexibility index (Phi) is 7.09. The fraction of sp³-hybridized carbons (Fsp3) is 0.929. The molecule has 0 aromatic carbocycles. The van der Waals surface area contributed by atoms with Gasteiger partial charge in [-0.2, -0.15) is 0 Å². The Morgan fingerprint density at radius 2 is 1.90 bits per heavy atom. The summed E-state index contributed by atoms with van der Waals surface area (Å²) in [6.07, 6.45) is 4.01. The van der Waals surface area contributed by atoms with E-state index in [1.54, 1.807) is 4.90 Å². The third kappa shape index (κ3) is 5.23. The van der Waals surface area contributed by atoms with Crippen molar-refractivity contribution in [2.45, 2.75) is 44.4 Å². The lowest BCUT2D eigenvalue weighted by Gasteiger charge is -2.30. The molecule has 1 heterocycles. The van der Waals surface area contributed by atoms with E-state index in [1.165, 1.54) is 6.92 Å². The molecule has 2 unspecified atom stereocenters. The summed E-state index contributed by atoms with van der Waals surface area (Å²) >= 11 is 0. The maximum absolute atomic E-state index is 12.3. The topological polar surface area (TPSA) is 83.7 Å². The van der Waals surface area contributed by atoms with Gasteiger partial charge in [-0.25, -0.2) is 8.42 Å². The van der Waals surface area contributed by atoms with Crippen molar-refractivity contribution in [2.75, 3.05) is 39.0 Å². The fourth-order valence-electron chi connectivity index (χ4n) is 2.80. The summed E-state index contributed by atoms with van der Waals surface area (Å²) in [5.74, 6) is -0.272. The maximum atomic E-state index is 12.3. The Morgan fingerprint density at radius 3 is 2.43 bits per heavy atom. The molecule has 7 heteroatoms. The van der Waals surface area contributed by atoms with E-state index in [4.69, 9.17) is 5.73 Å².